The van der Waals surface area contributed by atoms with Gasteiger partial charge in [-0.15, -0.1) is 0 Å². The number of rotatable bonds is 2. The predicted octanol–water partition coefficient (Wildman–Crippen LogP) is 2.82. The van der Waals surface area contributed by atoms with Crippen LogP contribution in [0.25, 0.3) is 0 Å². The molecular formula is C26H29N5O4. The van der Waals surface area contributed by atoms with Crippen molar-refractivity contribution in [2.24, 2.45) is 11.8 Å². The van der Waals surface area contributed by atoms with Gasteiger partial charge < -0.3 is 15.4 Å². The summed E-state index contributed by atoms with van der Waals surface area (Å²) >= 11 is 0. The van der Waals surface area contributed by atoms with Crippen LogP contribution in [0.4, 0.5) is 11.5 Å². The van der Waals surface area contributed by atoms with E-state index in [1.807, 2.05) is 20.8 Å². The molecule has 2 N–H and O–H groups in total. The number of fused-ring (bicyclic) bond motifs is 3. The highest BCUT2D eigenvalue weighted by Gasteiger charge is 2.73. The summed E-state index contributed by atoms with van der Waals surface area (Å²) in [4.78, 5) is 48.5. The maximum Gasteiger partial charge on any atom is 0.310 e. The van der Waals surface area contributed by atoms with Gasteiger partial charge in [0, 0.05) is 16.9 Å². The molecule has 9 nitrogen and oxygen atoms in total. The third-order valence-electron chi connectivity index (χ3n) is 9.25. The predicted molar refractivity (Wildman–Crippen MR) is 126 cm³/mol. The number of nitrogens with one attached hydrogen (secondary N) is 2. The molecule has 3 aliphatic carbocycles. The summed E-state index contributed by atoms with van der Waals surface area (Å²) in [7, 11) is 0. The minimum absolute atomic E-state index is 0.131. The average molecular weight is 476 g/mol. The molecule has 2 aliphatic heterocycles. The maximum absolute atomic E-state index is 13.7. The topological polar surface area (TPSA) is 115 Å². The van der Waals surface area contributed by atoms with Crippen LogP contribution in [0.1, 0.15) is 79.7 Å². The number of ether oxygens (including phenoxy) is 1. The molecule has 1 saturated heterocycles. The van der Waals surface area contributed by atoms with Crippen molar-refractivity contribution < 1.29 is 14.3 Å². The summed E-state index contributed by atoms with van der Waals surface area (Å²) in [6.07, 6.45) is 7.20. The fourth-order valence-corrected chi connectivity index (χ4v) is 7.68. The first-order valence-electron chi connectivity index (χ1n) is 12.6. The van der Waals surface area contributed by atoms with Gasteiger partial charge in [-0.25, -0.2) is 9.97 Å². The largest absolute Gasteiger partial charge is 0.459 e. The van der Waals surface area contributed by atoms with Crippen molar-refractivity contribution in [3.8, 4) is 0 Å². The summed E-state index contributed by atoms with van der Waals surface area (Å²) in [6.45, 7) is 5.84. The molecule has 2 saturated carbocycles. The molecule has 3 unspecified atom stereocenters. The molecule has 0 radical (unpaired) electrons. The summed E-state index contributed by atoms with van der Waals surface area (Å²) in [5.74, 6) is 0.355. The molecule has 1 amide bonds. The molecule has 4 heterocycles. The zero-order valence-corrected chi connectivity index (χ0v) is 20.2. The molecule has 5 aliphatic rings. The first kappa shape index (κ1) is 21.1. The molecule has 9 heteroatoms. The molecule has 2 spiro atoms. The number of esters is 1. The van der Waals surface area contributed by atoms with Gasteiger partial charge >= 0.3 is 5.97 Å². The molecule has 7 rings (SSSR count). The van der Waals surface area contributed by atoms with Crippen LogP contribution in [-0.4, -0.2) is 32.0 Å². The normalized spacial score (nSPS) is 30.6. The van der Waals surface area contributed by atoms with Crippen molar-refractivity contribution >= 4 is 23.4 Å². The minimum Gasteiger partial charge on any atom is -0.459 e. The number of aromatic nitrogens is 3. The van der Waals surface area contributed by atoms with Crippen LogP contribution in [0.15, 0.2) is 17.2 Å². The SMILES string of the molecule is Cc1cc(Nc2ncnc3c2CCC2C(=O)OC(C)(C)C4CC324)c(=O)n2c1C(=O)NC21CCCC1. The highest BCUT2D eigenvalue weighted by Crippen LogP contribution is 2.69. The first-order valence-corrected chi connectivity index (χ1v) is 12.6. The average Bonchev–Trinajstić information content (AvgIpc) is 3.26. The standard InChI is InChI=1S/C26H29N5O4/c1-13-10-16(22(33)31-18(13)21(32)30-25(31)8-4-5-9-25)29-20-14-6-7-15-23(34)35-24(2,3)17-11-26(15,17)19(14)27-12-28-20/h10,12,15,17H,4-9,11H2,1-3H3,(H,30,32)(H,27,28,29). The number of anilines is 2. The van der Waals surface area contributed by atoms with Gasteiger partial charge in [0.25, 0.3) is 11.5 Å². The number of cyclic esters (lactones) is 1. The zero-order chi connectivity index (χ0) is 24.3. The van der Waals surface area contributed by atoms with Gasteiger partial charge in [-0.3, -0.25) is 19.0 Å². The number of carbonyl (C=O) groups excluding carboxylic acids is 2. The Labute approximate surface area is 202 Å². The number of amides is 1. The number of hydrogen-bond acceptors (Lipinski definition) is 7. The van der Waals surface area contributed by atoms with Gasteiger partial charge in [-0.2, -0.15) is 0 Å². The van der Waals surface area contributed by atoms with Crippen molar-refractivity contribution in [1.29, 1.82) is 0 Å². The fourth-order valence-electron chi connectivity index (χ4n) is 7.68. The van der Waals surface area contributed by atoms with Crippen LogP contribution in [0.3, 0.4) is 0 Å². The second-order valence-corrected chi connectivity index (χ2v) is 11.5. The Balaban J connectivity index is 1.32. The van der Waals surface area contributed by atoms with Gasteiger partial charge in [0.1, 0.15) is 34.8 Å². The summed E-state index contributed by atoms with van der Waals surface area (Å²) in [5, 5.41) is 6.41. The number of carbonyl (C=O) groups is 2. The quantitative estimate of drug-likeness (QED) is 0.642. The van der Waals surface area contributed by atoms with Crippen molar-refractivity contribution in [1.82, 2.24) is 19.9 Å². The fraction of sp³-hybridized carbons (Fsp3) is 0.577. The third-order valence-corrected chi connectivity index (χ3v) is 9.25. The van der Waals surface area contributed by atoms with E-state index >= 15 is 0 Å². The lowest BCUT2D eigenvalue weighted by Gasteiger charge is -2.42. The van der Waals surface area contributed by atoms with Gasteiger partial charge in [0.2, 0.25) is 0 Å². The molecule has 3 atom stereocenters. The second-order valence-electron chi connectivity index (χ2n) is 11.5. The monoisotopic (exact) mass is 475 g/mol. The van der Waals surface area contributed by atoms with E-state index in [1.54, 1.807) is 10.6 Å². The highest BCUT2D eigenvalue weighted by molar-refractivity contribution is 5.97. The Morgan fingerprint density at radius 1 is 1.17 bits per heavy atom. The molecule has 182 valence electrons. The van der Waals surface area contributed by atoms with E-state index in [9.17, 15) is 14.4 Å². The van der Waals surface area contributed by atoms with Crippen LogP contribution in [0.2, 0.25) is 0 Å². The van der Waals surface area contributed by atoms with E-state index < -0.39 is 11.3 Å². The van der Waals surface area contributed by atoms with Crippen LogP contribution >= 0.6 is 0 Å². The lowest BCUT2D eigenvalue weighted by atomic mass is 9.70. The first-order chi connectivity index (χ1) is 16.7. The number of pyridine rings is 1. The van der Waals surface area contributed by atoms with Crippen molar-refractivity contribution in [2.45, 2.75) is 82.4 Å². The molecule has 0 aromatic carbocycles. The van der Waals surface area contributed by atoms with Gasteiger partial charge in [0.05, 0.1) is 11.6 Å². The minimum atomic E-state index is -0.626. The Morgan fingerprint density at radius 2 is 1.94 bits per heavy atom. The van der Waals surface area contributed by atoms with Crippen molar-refractivity contribution in [2.75, 3.05) is 5.32 Å². The van der Waals surface area contributed by atoms with Crippen LogP contribution in [-0.2, 0) is 27.0 Å². The maximum atomic E-state index is 13.7. The third kappa shape index (κ3) is 2.56. The lowest BCUT2D eigenvalue weighted by molar-refractivity contribution is -0.174. The number of hydrogen-bond donors (Lipinski definition) is 2. The number of aryl methyl sites for hydroxylation is 1. The van der Waals surface area contributed by atoms with E-state index in [-0.39, 0.29) is 34.7 Å². The molecule has 3 fully saturated rings. The molecule has 0 bridgehead atoms. The molecule has 2 aromatic heterocycles. The van der Waals surface area contributed by atoms with Crippen molar-refractivity contribution in [3.63, 3.8) is 0 Å². The lowest BCUT2D eigenvalue weighted by Crippen LogP contribution is -2.49. The summed E-state index contributed by atoms with van der Waals surface area (Å²) < 4.78 is 7.46. The zero-order valence-electron chi connectivity index (χ0n) is 20.2. The summed E-state index contributed by atoms with van der Waals surface area (Å²) in [6, 6.07) is 1.75. The van der Waals surface area contributed by atoms with E-state index in [0.717, 1.165) is 48.9 Å². The molecule has 2 aromatic rings. The van der Waals surface area contributed by atoms with E-state index in [4.69, 9.17) is 4.74 Å². The molecular weight excluding hydrogens is 446 g/mol. The van der Waals surface area contributed by atoms with E-state index in [0.29, 0.717) is 30.0 Å². The van der Waals surface area contributed by atoms with Crippen LogP contribution < -0.4 is 16.2 Å². The second kappa shape index (κ2) is 6.50. The number of nitrogens with zero attached hydrogens (tertiary/aromatic N) is 3. The Morgan fingerprint density at radius 3 is 2.71 bits per heavy atom. The van der Waals surface area contributed by atoms with Crippen LogP contribution in [0.5, 0.6) is 0 Å². The van der Waals surface area contributed by atoms with E-state index in [2.05, 4.69) is 20.6 Å². The Kier molecular flexibility index (Phi) is 3.92. The summed E-state index contributed by atoms with van der Waals surface area (Å²) in [5.41, 5.74) is 1.85. The van der Waals surface area contributed by atoms with Crippen LogP contribution in [0, 0.1) is 18.8 Å². The Hall–Kier alpha value is -3.23. The smallest absolute Gasteiger partial charge is 0.310 e. The van der Waals surface area contributed by atoms with Gasteiger partial charge in [-0.05, 0) is 77.3 Å². The Bertz CT molecular complexity index is 1390. The highest BCUT2D eigenvalue weighted by atomic mass is 16.6. The van der Waals surface area contributed by atoms with Gasteiger partial charge in [-0.1, -0.05) is 0 Å². The molecule has 35 heavy (non-hydrogen) atoms. The van der Waals surface area contributed by atoms with E-state index in [1.165, 1.54) is 6.33 Å². The van der Waals surface area contributed by atoms with Gasteiger partial charge in [0.15, 0.2) is 0 Å². The van der Waals surface area contributed by atoms with Crippen molar-refractivity contribution in [3.05, 3.63) is 45.3 Å².